The maximum Gasteiger partial charge on any atom is 0.437 e. The maximum atomic E-state index is 12.4. The van der Waals surface area contributed by atoms with Crippen LogP contribution in [0, 0.1) is 0 Å². The van der Waals surface area contributed by atoms with Crippen LogP contribution in [0.25, 0.3) is 0 Å². The first kappa shape index (κ1) is 22.5. The van der Waals surface area contributed by atoms with Crippen LogP contribution in [0.4, 0.5) is 26.3 Å². The van der Waals surface area contributed by atoms with Gasteiger partial charge >= 0.3 is 23.9 Å². The van der Waals surface area contributed by atoms with Gasteiger partial charge in [-0.2, -0.15) is 26.3 Å². The summed E-state index contributed by atoms with van der Waals surface area (Å²) in [7, 11) is 0. The number of carbonyl (C=O) groups is 1. The molecule has 0 unspecified atom stereocenters. The van der Waals surface area contributed by atoms with E-state index >= 15 is 0 Å². The van der Waals surface area contributed by atoms with E-state index in [9.17, 15) is 31.1 Å². The minimum Gasteiger partial charge on any atom is -0.488 e. The predicted molar refractivity (Wildman–Crippen MR) is 83.1 cm³/mol. The van der Waals surface area contributed by atoms with Crippen molar-refractivity contribution in [3.63, 3.8) is 0 Å². The number of benzene rings is 1. The van der Waals surface area contributed by atoms with Gasteiger partial charge in [-0.3, -0.25) is 0 Å². The molecule has 4 nitrogen and oxygen atoms in total. The van der Waals surface area contributed by atoms with E-state index in [0.29, 0.717) is 13.4 Å². The Kier molecular flexibility index (Phi) is 7.21. The zero-order chi connectivity index (χ0) is 19.6. The van der Waals surface area contributed by atoms with Gasteiger partial charge in [-0.25, -0.2) is 4.79 Å². The second kappa shape index (κ2) is 8.01. The van der Waals surface area contributed by atoms with Crippen LogP contribution in [0.3, 0.4) is 0 Å². The fourth-order valence-electron chi connectivity index (χ4n) is 1.44. The number of esters is 1. The molecule has 1 aromatic carbocycles. The third-order valence-corrected chi connectivity index (χ3v) is 4.28. The molecule has 1 N–H and O–H groups in total. The van der Waals surface area contributed by atoms with Gasteiger partial charge in [0.2, 0.25) is 0 Å². The molecule has 0 atom stereocenters. The van der Waals surface area contributed by atoms with Crippen LogP contribution in [0.5, 0.6) is 5.75 Å². The summed E-state index contributed by atoms with van der Waals surface area (Å²) >= 11 is 9.45. The molecule has 0 amide bonds. The first-order valence-corrected chi connectivity index (χ1v) is 8.40. The standard InChI is InChI=1S/C12H7Br3F6O4/c13-5-3-6(14)8(7(15)4-5)24-1-2-25-9(22)10(23,11(16,17)18)12(19,20)21/h3-4,23H,1-2H2. The highest BCUT2D eigenvalue weighted by molar-refractivity contribution is 9.11. The van der Waals surface area contributed by atoms with Gasteiger partial charge in [-0.1, -0.05) is 15.9 Å². The number of aliphatic hydroxyl groups is 1. The van der Waals surface area contributed by atoms with Crippen molar-refractivity contribution in [1.82, 2.24) is 0 Å². The second-order valence-corrected chi connectivity index (χ2v) is 7.01. The lowest BCUT2D eigenvalue weighted by Crippen LogP contribution is -2.63. The first-order chi connectivity index (χ1) is 11.2. The molecule has 0 bridgehead atoms. The lowest BCUT2D eigenvalue weighted by Gasteiger charge is -2.29. The SMILES string of the molecule is O=C(OCCOc1c(Br)cc(Br)cc1Br)C(O)(C(F)(F)F)C(F)(F)F. The fraction of sp³-hybridized carbons (Fsp3) is 0.417. The lowest BCUT2D eigenvalue weighted by atomic mass is 10.0. The Morgan fingerprint density at radius 2 is 1.40 bits per heavy atom. The van der Waals surface area contributed by atoms with Gasteiger partial charge in [0.05, 0.1) is 8.95 Å². The Bertz CT molecular complexity index is 610. The Morgan fingerprint density at radius 3 is 1.80 bits per heavy atom. The van der Waals surface area contributed by atoms with Gasteiger partial charge in [-0.15, -0.1) is 0 Å². The molecule has 0 radical (unpaired) electrons. The molecule has 0 aliphatic carbocycles. The topological polar surface area (TPSA) is 55.8 Å². The molecule has 0 aromatic heterocycles. The fourth-order valence-corrected chi connectivity index (χ4v) is 3.93. The van der Waals surface area contributed by atoms with Crippen molar-refractivity contribution in [2.75, 3.05) is 13.2 Å². The van der Waals surface area contributed by atoms with Crippen LogP contribution in [0.2, 0.25) is 0 Å². The largest absolute Gasteiger partial charge is 0.488 e. The minimum atomic E-state index is -6.29. The van der Waals surface area contributed by atoms with Gasteiger partial charge in [0, 0.05) is 4.47 Å². The summed E-state index contributed by atoms with van der Waals surface area (Å²) in [5.41, 5.74) is -5.61. The molecular weight excluding hydrogens is 562 g/mol. The molecule has 1 rings (SSSR count). The molecule has 0 spiro atoms. The van der Waals surface area contributed by atoms with Crippen LogP contribution in [-0.4, -0.2) is 42.2 Å². The van der Waals surface area contributed by atoms with Crippen LogP contribution in [0.1, 0.15) is 0 Å². The highest BCUT2D eigenvalue weighted by Crippen LogP contribution is 2.43. The van der Waals surface area contributed by atoms with E-state index in [0.717, 1.165) is 0 Å². The lowest BCUT2D eigenvalue weighted by molar-refractivity contribution is -0.357. The summed E-state index contributed by atoms with van der Waals surface area (Å²) in [5.74, 6) is -2.70. The molecule has 1 aromatic rings. The van der Waals surface area contributed by atoms with Crippen LogP contribution < -0.4 is 4.74 Å². The highest BCUT2D eigenvalue weighted by Gasteiger charge is 2.76. The normalized spacial score (nSPS) is 12.9. The average molecular weight is 569 g/mol. The van der Waals surface area contributed by atoms with Gasteiger partial charge < -0.3 is 14.6 Å². The minimum absolute atomic E-state index is 0.182. The molecule has 0 saturated heterocycles. The monoisotopic (exact) mass is 566 g/mol. The zero-order valence-corrected chi connectivity index (χ0v) is 16.4. The number of ether oxygens (including phenoxy) is 2. The maximum absolute atomic E-state index is 12.4. The van der Waals surface area contributed by atoms with E-state index in [1.54, 1.807) is 12.1 Å². The summed E-state index contributed by atoms with van der Waals surface area (Å²) in [5, 5.41) is 8.80. The van der Waals surface area contributed by atoms with Crippen molar-refractivity contribution in [1.29, 1.82) is 0 Å². The van der Waals surface area contributed by atoms with Crippen LogP contribution in [0.15, 0.2) is 25.6 Å². The number of rotatable bonds is 5. The molecule has 25 heavy (non-hydrogen) atoms. The third-order valence-electron chi connectivity index (χ3n) is 2.64. The van der Waals surface area contributed by atoms with E-state index < -0.39 is 37.1 Å². The Balaban J connectivity index is 2.74. The van der Waals surface area contributed by atoms with Gasteiger partial charge in [0.25, 0.3) is 0 Å². The van der Waals surface area contributed by atoms with E-state index in [1.807, 2.05) is 0 Å². The Labute approximate surface area is 161 Å². The van der Waals surface area contributed by atoms with Crippen LogP contribution in [-0.2, 0) is 9.53 Å². The summed E-state index contributed by atoms with van der Waals surface area (Å²) < 4.78 is 85.2. The van der Waals surface area contributed by atoms with Gasteiger partial charge in [-0.05, 0) is 44.0 Å². The molecular formula is C12H7Br3F6O4. The Hall–Kier alpha value is -0.530. The molecule has 0 heterocycles. The predicted octanol–water partition coefficient (Wildman–Crippen LogP) is 4.75. The smallest absolute Gasteiger partial charge is 0.437 e. The Morgan fingerprint density at radius 1 is 0.960 bits per heavy atom. The second-order valence-electron chi connectivity index (χ2n) is 4.39. The molecule has 0 aliphatic heterocycles. The quantitative estimate of drug-likeness (QED) is 0.316. The van der Waals surface area contributed by atoms with Crippen molar-refractivity contribution >= 4 is 53.8 Å². The highest BCUT2D eigenvalue weighted by atomic mass is 79.9. The number of hydrogen-bond acceptors (Lipinski definition) is 4. The van der Waals surface area contributed by atoms with Gasteiger partial charge in [0.1, 0.15) is 19.0 Å². The van der Waals surface area contributed by atoms with E-state index in [4.69, 9.17) is 9.84 Å². The number of halogens is 9. The average Bonchev–Trinajstić information content (AvgIpc) is 2.41. The van der Waals surface area contributed by atoms with Crippen molar-refractivity contribution in [2.45, 2.75) is 18.0 Å². The molecule has 0 fully saturated rings. The van der Waals surface area contributed by atoms with Crippen LogP contribution >= 0.6 is 47.8 Å². The molecule has 0 aliphatic rings. The first-order valence-electron chi connectivity index (χ1n) is 6.02. The van der Waals surface area contributed by atoms with E-state index in [2.05, 4.69) is 52.5 Å². The third kappa shape index (κ3) is 5.01. The van der Waals surface area contributed by atoms with Crippen molar-refractivity contribution in [3.8, 4) is 5.75 Å². The number of carbonyl (C=O) groups excluding carboxylic acids is 1. The van der Waals surface area contributed by atoms with Crippen molar-refractivity contribution in [3.05, 3.63) is 25.6 Å². The van der Waals surface area contributed by atoms with Crippen molar-refractivity contribution < 1.29 is 45.7 Å². The van der Waals surface area contributed by atoms with Crippen molar-refractivity contribution in [2.24, 2.45) is 0 Å². The summed E-state index contributed by atoms with van der Waals surface area (Å²) in [6.07, 6.45) is -12.6. The zero-order valence-electron chi connectivity index (χ0n) is 11.6. The van der Waals surface area contributed by atoms with E-state index in [-0.39, 0.29) is 5.75 Å². The summed E-state index contributed by atoms with van der Waals surface area (Å²) in [6, 6.07) is 3.14. The molecule has 0 saturated carbocycles. The number of hydrogen-bond donors (Lipinski definition) is 1. The summed E-state index contributed by atoms with van der Waals surface area (Å²) in [4.78, 5) is 11.2. The molecule has 142 valence electrons. The van der Waals surface area contributed by atoms with Gasteiger partial charge in [0.15, 0.2) is 0 Å². The number of alkyl halides is 6. The molecule has 13 heteroatoms. The summed E-state index contributed by atoms with van der Waals surface area (Å²) in [6.45, 7) is -1.52. The van der Waals surface area contributed by atoms with E-state index in [1.165, 1.54) is 0 Å².